The standard InChI is InChI=1S/C24H31N3O3/c1-30-22-10-7-19(8-11-22)9-12-23(28)25-16-13-20-14-17-27(18-15-20)24(29)26-21-5-3-2-4-6-21/h2-8,10-11,20H,9,12-18H2,1H3,(H,25,28)(H,26,29). The van der Waals surface area contributed by atoms with E-state index in [2.05, 4.69) is 10.6 Å². The number of rotatable bonds is 8. The van der Waals surface area contributed by atoms with Crippen LogP contribution in [0.2, 0.25) is 0 Å². The van der Waals surface area contributed by atoms with Crippen LogP contribution in [0.5, 0.6) is 5.75 Å². The van der Waals surface area contributed by atoms with Crippen molar-refractivity contribution in [3.8, 4) is 5.75 Å². The minimum Gasteiger partial charge on any atom is -0.497 e. The molecule has 0 saturated carbocycles. The quantitative estimate of drug-likeness (QED) is 0.690. The predicted octanol–water partition coefficient (Wildman–Crippen LogP) is 4.08. The predicted molar refractivity (Wildman–Crippen MR) is 119 cm³/mol. The Hall–Kier alpha value is -3.02. The average Bonchev–Trinajstić information content (AvgIpc) is 2.79. The zero-order chi connectivity index (χ0) is 21.2. The van der Waals surface area contributed by atoms with Gasteiger partial charge in [-0.25, -0.2) is 4.79 Å². The van der Waals surface area contributed by atoms with Crippen molar-refractivity contribution in [2.75, 3.05) is 32.1 Å². The number of amides is 3. The summed E-state index contributed by atoms with van der Waals surface area (Å²) in [6, 6.07) is 17.3. The SMILES string of the molecule is COc1ccc(CCC(=O)NCCC2CCN(C(=O)Nc3ccccc3)CC2)cc1. The van der Waals surface area contributed by atoms with E-state index in [-0.39, 0.29) is 11.9 Å². The van der Waals surface area contributed by atoms with E-state index < -0.39 is 0 Å². The molecule has 2 N–H and O–H groups in total. The van der Waals surface area contributed by atoms with Gasteiger partial charge >= 0.3 is 6.03 Å². The third-order valence-corrected chi connectivity index (χ3v) is 5.60. The maximum Gasteiger partial charge on any atom is 0.321 e. The van der Waals surface area contributed by atoms with Crippen LogP contribution in [0.4, 0.5) is 10.5 Å². The van der Waals surface area contributed by atoms with Crippen LogP contribution < -0.4 is 15.4 Å². The van der Waals surface area contributed by atoms with Crippen molar-refractivity contribution in [2.45, 2.75) is 32.1 Å². The van der Waals surface area contributed by atoms with Gasteiger partial charge in [-0.3, -0.25) is 4.79 Å². The van der Waals surface area contributed by atoms with Crippen LogP contribution >= 0.6 is 0 Å². The molecule has 1 saturated heterocycles. The molecule has 6 nitrogen and oxygen atoms in total. The normalized spacial score (nSPS) is 14.2. The lowest BCUT2D eigenvalue weighted by Crippen LogP contribution is -2.41. The van der Waals surface area contributed by atoms with Gasteiger partial charge in [0.2, 0.25) is 5.91 Å². The molecule has 2 aromatic rings. The summed E-state index contributed by atoms with van der Waals surface area (Å²) < 4.78 is 5.15. The average molecular weight is 410 g/mol. The molecule has 0 spiro atoms. The van der Waals surface area contributed by atoms with Crippen LogP contribution in [-0.2, 0) is 11.2 Å². The summed E-state index contributed by atoms with van der Waals surface area (Å²) in [5, 5.41) is 5.97. The van der Waals surface area contributed by atoms with E-state index in [1.54, 1.807) is 7.11 Å². The molecule has 1 aliphatic rings. The highest BCUT2D eigenvalue weighted by Crippen LogP contribution is 2.21. The molecule has 6 heteroatoms. The number of para-hydroxylation sites is 1. The summed E-state index contributed by atoms with van der Waals surface area (Å²) in [5.74, 6) is 1.46. The van der Waals surface area contributed by atoms with Gasteiger partial charge in [-0.05, 0) is 61.4 Å². The third-order valence-electron chi connectivity index (χ3n) is 5.60. The lowest BCUT2D eigenvalue weighted by atomic mass is 9.93. The van der Waals surface area contributed by atoms with E-state index in [1.165, 1.54) is 0 Å². The topological polar surface area (TPSA) is 70.7 Å². The van der Waals surface area contributed by atoms with Crippen molar-refractivity contribution in [2.24, 2.45) is 5.92 Å². The Bertz CT molecular complexity index is 800. The molecule has 0 bridgehead atoms. The van der Waals surface area contributed by atoms with Gasteiger partial charge in [0, 0.05) is 31.7 Å². The summed E-state index contributed by atoms with van der Waals surface area (Å²) in [7, 11) is 1.64. The van der Waals surface area contributed by atoms with E-state index in [4.69, 9.17) is 4.74 Å². The minimum absolute atomic E-state index is 0.0357. The van der Waals surface area contributed by atoms with E-state index >= 15 is 0 Å². The molecule has 0 atom stereocenters. The second-order valence-corrected chi connectivity index (χ2v) is 7.71. The van der Waals surface area contributed by atoms with Crippen LogP contribution in [0, 0.1) is 5.92 Å². The Labute approximate surface area is 178 Å². The first-order valence-corrected chi connectivity index (χ1v) is 10.6. The Kier molecular flexibility index (Phi) is 8.12. The van der Waals surface area contributed by atoms with Crippen LogP contribution in [-0.4, -0.2) is 43.6 Å². The molecule has 1 aliphatic heterocycles. The number of anilines is 1. The number of hydrogen-bond acceptors (Lipinski definition) is 3. The second kappa shape index (κ2) is 11.2. The molecule has 3 rings (SSSR count). The van der Waals surface area contributed by atoms with Gasteiger partial charge in [0.1, 0.15) is 5.75 Å². The van der Waals surface area contributed by atoms with Crippen molar-refractivity contribution in [1.82, 2.24) is 10.2 Å². The first-order valence-electron chi connectivity index (χ1n) is 10.6. The smallest absolute Gasteiger partial charge is 0.321 e. The molecule has 160 valence electrons. The zero-order valence-electron chi connectivity index (χ0n) is 17.6. The Morgan fingerprint density at radius 1 is 1.03 bits per heavy atom. The molecule has 0 radical (unpaired) electrons. The highest BCUT2D eigenvalue weighted by molar-refractivity contribution is 5.89. The number of piperidine rings is 1. The van der Waals surface area contributed by atoms with E-state index in [0.717, 1.165) is 55.8 Å². The number of hydrogen-bond donors (Lipinski definition) is 2. The Balaban J connectivity index is 1.28. The van der Waals surface area contributed by atoms with Crippen molar-refractivity contribution in [3.05, 3.63) is 60.2 Å². The maximum atomic E-state index is 12.4. The number of benzene rings is 2. The van der Waals surface area contributed by atoms with Crippen molar-refractivity contribution in [3.63, 3.8) is 0 Å². The Morgan fingerprint density at radius 2 is 1.73 bits per heavy atom. The number of methoxy groups -OCH3 is 1. The Morgan fingerprint density at radius 3 is 2.40 bits per heavy atom. The molecular weight excluding hydrogens is 378 g/mol. The number of likely N-dealkylation sites (tertiary alicyclic amines) is 1. The molecular formula is C24H31N3O3. The summed E-state index contributed by atoms with van der Waals surface area (Å²) in [5.41, 5.74) is 1.95. The zero-order valence-corrected chi connectivity index (χ0v) is 17.6. The molecule has 1 heterocycles. The number of nitrogens with one attached hydrogen (secondary N) is 2. The summed E-state index contributed by atoms with van der Waals surface area (Å²) in [6.45, 7) is 2.21. The van der Waals surface area contributed by atoms with Gasteiger partial charge in [-0.2, -0.15) is 0 Å². The van der Waals surface area contributed by atoms with E-state index in [9.17, 15) is 9.59 Å². The van der Waals surface area contributed by atoms with Gasteiger partial charge in [0.15, 0.2) is 0 Å². The summed E-state index contributed by atoms with van der Waals surface area (Å²) in [6.07, 6.45) is 4.13. The summed E-state index contributed by atoms with van der Waals surface area (Å²) >= 11 is 0. The number of carbonyl (C=O) groups is 2. The van der Waals surface area contributed by atoms with Crippen molar-refractivity contribution >= 4 is 17.6 Å². The first kappa shape index (κ1) is 21.7. The fourth-order valence-corrected chi connectivity index (χ4v) is 3.70. The number of carbonyl (C=O) groups excluding carboxylic acids is 2. The number of nitrogens with zero attached hydrogens (tertiary/aromatic N) is 1. The number of aryl methyl sites for hydroxylation is 1. The van der Waals surface area contributed by atoms with Crippen molar-refractivity contribution in [1.29, 1.82) is 0 Å². The fourth-order valence-electron chi connectivity index (χ4n) is 3.70. The van der Waals surface area contributed by atoms with Gasteiger partial charge in [-0.1, -0.05) is 30.3 Å². The maximum absolute atomic E-state index is 12.4. The minimum atomic E-state index is -0.0357. The van der Waals surface area contributed by atoms with Crippen LogP contribution in [0.15, 0.2) is 54.6 Å². The highest BCUT2D eigenvalue weighted by atomic mass is 16.5. The molecule has 0 aromatic heterocycles. The number of ether oxygens (including phenoxy) is 1. The molecule has 0 unspecified atom stereocenters. The van der Waals surface area contributed by atoms with E-state index in [1.807, 2.05) is 59.5 Å². The monoisotopic (exact) mass is 409 g/mol. The van der Waals surface area contributed by atoms with Gasteiger partial charge in [0.05, 0.1) is 7.11 Å². The molecule has 2 aromatic carbocycles. The molecule has 1 fully saturated rings. The second-order valence-electron chi connectivity index (χ2n) is 7.71. The molecule has 0 aliphatic carbocycles. The van der Waals surface area contributed by atoms with E-state index in [0.29, 0.717) is 18.9 Å². The largest absolute Gasteiger partial charge is 0.497 e. The summed E-state index contributed by atoms with van der Waals surface area (Å²) in [4.78, 5) is 26.3. The number of urea groups is 1. The molecule has 30 heavy (non-hydrogen) atoms. The third kappa shape index (κ3) is 6.79. The lowest BCUT2D eigenvalue weighted by molar-refractivity contribution is -0.121. The van der Waals surface area contributed by atoms with Crippen molar-refractivity contribution < 1.29 is 14.3 Å². The van der Waals surface area contributed by atoms with Gasteiger partial charge < -0.3 is 20.3 Å². The molecule has 3 amide bonds. The lowest BCUT2D eigenvalue weighted by Gasteiger charge is -2.32. The van der Waals surface area contributed by atoms with Crippen LogP contribution in [0.3, 0.4) is 0 Å². The fraction of sp³-hybridized carbons (Fsp3) is 0.417. The van der Waals surface area contributed by atoms with Crippen LogP contribution in [0.1, 0.15) is 31.2 Å². The first-order chi connectivity index (χ1) is 14.6. The highest BCUT2D eigenvalue weighted by Gasteiger charge is 2.22. The van der Waals surface area contributed by atoms with Crippen LogP contribution in [0.25, 0.3) is 0 Å². The van der Waals surface area contributed by atoms with Gasteiger partial charge in [-0.15, -0.1) is 0 Å². The van der Waals surface area contributed by atoms with Gasteiger partial charge in [0.25, 0.3) is 0 Å².